The van der Waals surface area contributed by atoms with Gasteiger partial charge in [-0.2, -0.15) is 12.7 Å². The van der Waals surface area contributed by atoms with Crippen LogP contribution in [0.15, 0.2) is 42.5 Å². The average Bonchev–Trinajstić information content (AvgIpc) is 3.09. The van der Waals surface area contributed by atoms with E-state index < -0.39 is 16.1 Å². The van der Waals surface area contributed by atoms with E-state index in [4.69, 9.17) is 4.74 Å². The lowest BCUT2D eigenvalue weighted by Crippen LogP contribution is -2.45. The number of carbonyl (C=O) groups is 1. The lowest BCUT2D eigenvalue weighted by atomic mass is 9.81. The van der Waals surface area contributed by atoms with Gasteiger partial charge < -0.3 is 14.2 Å². The second kappa shape index (κ2) is 11.1. The molecule has 218 valence electrons. The fraction of sp³-hybridized carbons (Fsp3) is 0.531. The molecule has 3 aromatic rings. The predicted octanol–water partition coefficient (Wildman–Crippen LogP) is 5.14. The monoisotopic (exact) mass is 576 g/mol. The van der Waals surface area contributed by atoms with Crippen LogP contribution in [0.2, 0.25) is 0 Å². The maximum absolute atomic E-state index is 13.5. The quantitative estimate of drug-likeness (QED) is 0.434. The number of para-hydroxylation sites is 1. The summed E-state index contributed by atoms with van der Waals surface area (Å²) in [6.45, 7) is 4.75. The molecule has 4 heterocycles. The number of nitrogens with zero attached hydrogens (tertiary/aromatic N) is 3. The molecule has 3 aliphatic heterocycles. The Morgan fingerprint density at radius 2 is 1.68 bits per heavy atom. The van der Waals surface area contributed by atoms with Crippen LogP contribution >= 0.6 is 0 Å². The van der Waals surface area contributed by atoms with Gasteiger partial charge in [0.15, 0.2) is 0 Å². The third kappa shape index (κ3) is 5.17. The van der Waals surface area contributed by atoms with Crippen molar-refractivity contribution < 1.29 is 17.9 Å². The third-order valence-corrected chi connectivity index (χ3v) is 11.1. The first-order chi connectivity index (χ1) is 20.0. The van der Waals surface area contributed by atoms with Gasteiger partial charge in [-0.1, -0.05) is 37.5 Å². The molecule has 7 rings (SSSR count). The number of rotatable bonds is 1. The van der Waals surface area contributed by atoms with Crippen molar-refractivity contribution in [3.05, 3.63) is 53.6 Å². The Labute approximate surface area is 242 Å². The molecule has 9 heteroatoms. The molecular formula is C32H40N4O4S. The topological polar surface area (TPSA) is 83.9 Å². The zero-order valence-electron chi connectivity index (χ0n) is 23.7. The smallest absolute Gasteiger partial charge is 0.304 e. The van der Waals surface area contributed by atoms with Gasteiger partial charge >= 0.3 is 10.2 Å². The fourth-order valence-corrected chi connectivity index (χ4v) is 8.71. The summed E-state index contributed by atoms with van der Waals surface area (Å²) < 4.78 is 39.4. The molecule has 3 atom stereocenters. The Balaban J connectivity index is 1.42. The third-order valence-electron chi connectivity index (χ3n) is 9.63. The molecule has 8 nitrogen and oxygen atoms in total. The summed E-state index contributed by atoms with van der Waals surface area (Å²) >= 11 is 0. The Bertz CT molecular complexity index is 1560. The standard InChI is InChI=1S/C32H40N4O4S/c37-32-25-13-14-26-28(20-25)36-21-23(8-6-15-34-16-7-17-35(19-18-34)41(38,39)33-32)22-40-29-12-5-4-11-27(29)31(36)30(26)24-9-2-1-3-10-24/h4-5,11-14,20,23-24H,1-3,6-10,15-19,21-22H2,(H,33,37). The van der Waals surface area contributed by atoms with Gasteiger partial charge in [-0.25, -0.2) is 4.72 Å². The van der Waals surface area contributed by atoms with Crippen LogP contribution in [0, 0.1) is 5.92 Å². The number of hydrogen-bond donors (Lipinski definition) is 1. The summed E-state index contributed by atoms with van der Waals surface area (Å²) in [5, 5.41) is 1.17. The van der Waals surface area contributed by atoms with Gasteiger partial charge in [-0.15, -0.1) is 0 Å². The van der Waals surface area contributed by atoms with Crippen molar-refractivity contribution in [2.24, 2.45) is 5.92 Å². The Morgan fingerprint density at radius 3 is 2.56 bits per heavy atom. The number of nitrogens with one attached hydrogen (secondary N) is 1. The molecule has 0 radical (unpaired) electrons. The fourth-order valence-electron chi connectivity index (χ4n) is 7.54. The van der Waals surface area contributed by atoms with E-state index in [-0.39, 0.29) is 0 Å². The largest absolute Gasteiger partial charge is 0.493 e. The zero-order valence-corrected chi connectivity index (χ0v) is 24.5. The average molecular weight is 577 g/mol. The Kier molecular flexibility index (Phi) is 7.29. The van der Waals surface area contributed by atoms with Crippen molar-refractivity contribution in [2.45, 2.75) is 63.8 Å². The van der Waals surface area contributed by atoms with E-state index in [1.165, 1.54) is 40.2 Å². The summed E-state index contributed by atoms with van der Waals surface area (Å²) in [6.07, 6.45) is 8.86. The summed E-state index contributed by atoms with van der Waals surface area (Å²) in [7, 11) is -3.93. The van der Waals surface area contributed by atoms with Crippen LogP contribution in [-0.2, 0) is 16.8 Å². The van der Waals surface area contributed by atoms with Gasteiger partial charge in [-0.05, 0) is 80.9 Å². The van der Waals surface area contributed by atoms with Crippen LogP contribution in [-0.4, -0.2) is 67.4 Å². The van der Waals surface area contributed by atoms with Gasteiger partial charge in [0.1, 0.15) is 5.75 Å². The van der Waals surface area contributed by atoms with Crippen LogP contribution in [0.4, 0.5) is 0 Å². The highest BCUT2D eigenvalue weighted by molar-refractivity contribution is 7.87. The molecule has 1 aromatic heterocycles. The van der Waals surface area contributed by atoms with Crippen LogP contribution in [0.1, 0.15) is 73.2 Å². The molecule has 1 amide bonds. The van der Waals surface area contributed by atoms with Crippen molar-refractivity contribution >= 4 is 27.0 Å². The molecule has 0 spiro atoms. The minimum Gasteiger partial charge on any atom is -0.493 e. The molecule has 3 unspecified atom stereocenters. The lowest BCUT2D eigenvalue weighted by molar-refractivity contribution is 0.0979. The maximum Gasteiger partial charge on any atom is 0.304 e. The lowest BCUT2D eigenvalue weighted by Gasteiger charge is -2.28. The summed E-state index contributed by atoms with van der Waals surface area (Å²) in [6, 6.07) is 14.2. The highest BCUT2D eigenvalue weighted by Gasteiger charge is 2.32. The molecular weight excluding hydrogens is 536 g/mol. The van der Waals surface area contributed by atoms with Crippen molar-refractivity contribution in [1.82, 2.24) is 18.5 Å². The maximum atomic E-state index is 13.5. The van der Waals surface area contributed by atoms with Gasteiger partial charge in [0.05, 0.1) is 12.3 Å². The van der Waals surface area contributed by atoms with E-state index in [2.05, 4.69) is 38.5 Å². The number of aromatic nitrogens is 1. The second-order valence-corrected chi connectivity index (χ2v) is 14.0. The Morgan fingerprint density at radius 1 is 0.854 bits per heavy atom. The first-order valence-corrected chi connectivity index (χ1v) is 16.8. The summed E-state index contributed by atoms with van der Waals surface area (Å²) in [4.78, 5) is 15.8. The first kappa shape index (κ1) is 27.0. The predicted molar refractivity (Wildman–Crippen MR) is 160 cm³/mol. The SMILES string of the molecule is O=C1NS(=O)(=O)N2CCCN(CCCC3COc4ccccc4-c4c(C5CCCCC5)c5ccc1cc5n4C3)CC2. The molecule has 1 saturated heterocycles. The van der Waals surface area contributed by atoms with Gasteiger partial charge in [-0.3, -0.25) is 4.79 Å². The second-order valence-electron chi connectivity index (χ2n) is 12.3. The number of fused-ring (bicyclic) bond motifs is 7. The normalized spacial score (nSPS) is 27.0. The van der Waals surface area contributed by atoms with Crippen molar-refractivity contribution in [3.63, 3.8) is 0 Å². The van der Waals surface area contributed by atoms with Crippen LogP contribution in [0.25, 0.3) is 22.2 Å². The number of amides is 1. The van der Waals surface area contributed by atoms with E-state index in [1.54, 1.807) is 6.07 Å². The molecule has 2 aromatic carbocycles. The van der Waals surface area contributed by atoms with Gasteiger partial charge in [0.2, 0.25) is 0 Å². The van der Waals surface area contributed by atoms with Gasteiger partial charge in [0, 0.05) is 54.1 Å². The van der Waals surface area contributed by atoms with Crippen molar-refractivity contribution in [1.29, 1.82) is 0 Å². The van der Waals surface area contributed by atoms with E-state index in [1.807, 2.05) is 12.1 Å². The number of benzene rings is 2. The van der Waals surface area contributed by atoms with E-state index in [0.29, 0.717) is 43.6 Å². The van der Waals surface area contributed by atoms with Crippen molar-refractivity contribution in [3.8, 4) is 17.0 Å². The molecule has 1 saturated carbocycles. The number of hydrogen-bond acceptors (Lipinski definition) is 5. The number of ether oxygens (including phenoxy) is 1. The van der Waals surface area contributed by atoms with Crippen LogP contribution < -0.4 is 9.46 Å². The molecule has 6 bridgehead atoms. The number of carbonyl (C=O) groups excluding carboxylic acids is 1. The van der Waals surface area contributed by atoms with E-state index >= 15 is 0 Å². The van der Waals surface area contributed by atoms with Crippen molar-refractivity contribution in [2.75, 3.05) is 39.3 Å². The van der Waals surface area contributed by atoms with Crippen LogP contribution in [0.5, 0.6) is 5.75 Å². The van der Waals surface area contributed by atoms with E-state index in [0.717, 1.165) is 68.6 Å². The molecule has 2 fully saturated rings. The molecule has 4 aliphatic rings. The molecule has 41 heavy (non-hydrogen) atoms. The first-order valence-electron chi connectivity index (χ1n) is 15.4. The van der Waals surface area contributed by atoms with E-state index in [9.17, 15) is 13.2 Å². The minimum absolute atomic E-state index is 0.325. The molecule has 1 N–H and O–H groups in total. The highest BCUT2D eigenvalue weighted by Crippen LogP contribution is 2.47. The molecule has 1 aliphatic carbocycles. The minimum atomic E-state index is -3.93. The van der Waals surface area contributed by atoms with Gasteiger partial charge in [0.25, 0.3) is 5.91 Å². The zero-order chi connectivity index (χ0) is 28.0. The Hall–Kier alpha value is -2.88. The van der Waals surface area contributed by atoms with Crippen LogP contribution in [0.3, 0.4) is 0 Å². The summed E-state index contributed by atoms with van der Waals surface area (Å²) in [5.74, 6) is 1.12. The highest BCUT2D eigenvalue weighted by atomic mass is 32.2. The summed E-state index contributed by atoms with van der Waals surface area (Å²) in [5.41, 5.74) is 5.08.